The summed E-state index contributed by atoms with van der Waals surface area (Å²) in [6.45, 7) is 5.62. The SMILES string of the molecule is Cc1cccc(OCCCCC(=O)N2CC[C@@H](N)C[C@H]2C)c1. The van der Waals surface area contributed by atoms with Gasteiger partial charge in [0.2, 0.25) is 5.91 Å². The fraction of sp³-hybridized carbons (Fsp3) is 0.611. The van der Waals surface area contributed by atoms with Gasteiger partial charge in [-0.05, 0) is 57.2 Å². The number of benzene rings is 1. The summed E-state index contributed by atoms with van der Waals surface area (Å²) in [5.41, 5.74) is 7.14. The molecule has 1 aromatic rings. The monoisotopic (exact) mass is 304 g/mol. The normalized spacial score (nSPS) is 21.7. The molecule has 122 valence electrons. The molecule has 2 N–H and O–H groups in total. The molecule has 1 aliphatic heterocycles. The molecule has 2 rings (SSSR count). The zero-order valence-corrected chi connectivity index (χ0v) is 13.8. The molecule has 22 heavy (non-hydrogen) atoms. The Bertz CT molecular complexity index is 490. The summed E-state index contributed by atoms with van der Waals surface area (Å²) < 4.78 is 5.71. The van der Waals surface area contributed by atoms with Crippen LogP contribution in [0.2, 0.25) is 0 Å². The van der Waals surface area contributed by atoms with Gasteiger partial charge in [-0.2, -0.15) is 0 Å². The van der Waals surface area contributed by atoms with E-state index in [9.17, 15) is 4.79 Å². The number of hydrogen-bond donors (Lipinski definition) is 1. The molecule has 0 aromatic heterocycles. The van der Waals surface area contributed by atoms with Crippen LogP contribution in [0, 0.1) is 6.92 Å². The number of nitrogens with zero attached hydrogens (tertiary/aromatic N) is 1. The first-order chi connectivity index (χ1) is 10.6. The number of amides is 1. The highest BCUT2D eigenvalue weighted by Crippen LogP contribution is 2.18. The van der Waals surface area contributed by atoms with Gasteiger partial charge in [-0.15, -0.1) is 0 Å². The third-order valence-electron chi connectivity index (χ3n) is 4.28. The summed E-state index contributed by atoms with van der Waals surface area (Å²) >= 11 is 0. The summed E-state index contributed by atoms with van der Waals surface area (Å²) in [6, 6.07) is 8.58. The van der Waals surface area contributed by atoms with Crippen molar-refractivity contribution in [2.24, 2.45) is 5.73 Å². The van der Waals surface area contributed by atoms with Gasteiger partial charge >= 0.3 is 0 Å². The molecule has 4 heteroatoms. The highest BCUT2D eigenvalue weighted by molar-refractivity contribution is 5.76. The fourth-order valence-electron chi connectivity index (χ4n) is 3.00. The minimum absolute atomic E-state index is 0.252. The molecule has 0 bridgehead atoms. The van der Waals surface area contributed by atoms with Crippen LogP contribution in [-0.2, 0) is 4.79 Å². The van der Waals surface area contributed by atoms with Crippen molar-refractivity contribution in [1.82, 2.24) is 4.90 Å². The minimum atomic E-state index is 0.252. The molecule has 0 radical (unpaired) electrons. The van der Waals surface area contributed by atoms with Crippen molar-refractivity contribution in [1.29, 1.82) is 0 Å². The van der Waals surface area contributed by atoms with Crippen molar-refractivity contribution in [3.8, 4) is 5.75 Å². The summed E-state index contributed by atoms with van der Waals surface area (Å²) in [4.78, 5) is 14.2. The molecule has 1 heterocycles. The molecule has 1 aliphatic rings. The Labute approximate surface area is 133 Å². The number of likely N-dealkylation sites (tertiary alicyclic amines) is 1. The number of ether oxygens (including phenoxy) is 1. The third-order valence-corrected chi connectivity index (χ3v) is 4.28. The van der Waals surface area contributed by atoms with Crippen LogP contribution >= 0.6 is 0 Å². The van der Waals surface area contributed by atoms with Crippen LogP contribution in [0.15, 0.2) is 24.3 Å². The summed E-state index contributed by atoms with van der Waals surface area (Å²) in [5, 5.41) is 0. The number of carbonyl (C=O) groups is 1. The Kier molecular flexibility index (Phi) is 6.25. The Hall–Kier alpha value is -1.55. The average Bonchev–Trinajstić information content (AvgIpc) is 2.46. The Morgan fingerprint density at radius 1 is 1.41 bits per heavy atom. The Morgan fingerprint density at radius 2 is 2.23 bits per heavy atom. The molecule has 1 amide bonds. The molecule has 0 unspecified atom stereocenters. The van der Waals surface area contributed by atoms with Crippen molar-refractivity contribution in [2.45, 2.75) is 58.0 Å². The van der Waals surface area contributed by atoms with E-state index in [2.05, 4.69) is 19.9 Å². The maximum absolute atomic E-state index is 12.2. The van der Waals surface area contributed by atoms with Crippen LogP contribution < -0.4 is 10.5 Å². The van der Waals surface area contributed by atoms with E-state index in [1.54, 1.807) is 0 Å². The molecule has 1 saturated heterocycles. The average molecular weight is 304 g/mol. The van der Waals surface area contributed by atoms with Crippen LogP contribution in [0.4, 0.5) is 0 Å². The first-order valence-electron chi connectivity index (χ1n) is 8.31. The third kappa shape index (κ3) is 5.02. The van der Waals surface area contributed by atoms with E-state index in [4.69, 9.17) is 10.5 Å². The minimum Gasteiger partial charge on any atom is -0.494 e. The predicted molar refractivity (Wildman–Crippen MR) is 88.9 cm³/mol. The lowest BCUT2D eigenvalue weighted by atomic mass is 9.98. The number of unbranched alkanes of at least 4 members (excludes halogenated alkanes) is 1. The molecule has 0 spiro atoms. The standard InChI is InChI=1S/C18H28N2O2/c1-14-6-5-7-17(12-14)22-11-4-3-8-18(21)20-10-9-16(19)13-15(20)2/h5-7,12,15-16H,3-4,8-11,13,19H2,1-2H3/t15-,16-/m1/s1. The van der Waals surface area contributed by atoms with Crippen LogP contribution in [-0.4, -0.2) is 36.0 Å². The number of hydrogen-bond acceptors (Lipinski definition) is 3. The van der Waals surface area contributed by atoms with Gasteiger partial charge in [-0.1, -0.05) is 12.1 Å². The second-order valence-electron chi connectivity index (χ2n) is 6.34. The van der Waals surface area contributed by atoms with Gasteiger partial charge in [0.15, 0.2) is 0 Å². The fourth-order valence-corrected chi connectivity index (χ4v) is 3.00. The second kappa shape index (κ2) is 8.18. The first-order valence-corrected chi connectivity index (χ1v) is 8.31. The lowest BCUT2D eigenvalue weighted by Gasteiger charge is -2.36. The van der Waals surface area contributed by atoms with Crippen molar-refractivity contribution in [2.75, 3.05) is 13.2 Å². The van der Waals surface area contributed by atoms with E-state index in [0.717, 1.165) is 38.0 Å². The van der Waals surface area contributed by atoms with Crippen molar-refractivity contribution in [3.63, 3.8) is 0 Å². The van der Waals surface area contributed by atoms with Crippen LogP contribution in [0.1, 0.15) is 44.6 Å². The number of aryl methyl sites for hydroxylation is 1. The molecule has 4 nitrogen and oxygen atoms in total. The summed E-state index contributed by atoms with van der Waals surface area (Å²) in [5.74, 6) is 1.17. The number of piperidine rings is 1. The van der Waals surface area contributed by atoms with Gasteiger partial charge in [0.05, 0.1) is 6.61 Å². The molecule has 2 atom stereocenters. The maximum atomic E-state index is 12.2. The van der Waals surface area contributed by atoms with E-state index < -0.39 is 0 Å². The van der Waals surface area contributed by atoms with Gasteiger partial charge in [-0.25, -0.2) is 0 Å². The van der Waals surface area contributed by atoms with Crippen LogP contribution in [0.5, 0.6) is 5.75 Å². The highest BCUT2D eigenvalue weighted by Gasteiger charge is 2.26. The lowest BCUT2D eigenvalue weighted by Crippen LogP contribution is -2.48. The van der Waals surface area contributed by atoms with Gasteiger partial charge in [-0.3, -0.25) is 4.79 Å². The van der Waals surface area contributed by atoms with E-state index in [1.807, 2.05) is 23.1 Å². The van der Waals surface area contributed by atoms with Gasteiger partial charge < -0.3 is 15.4 Å². The molecule has 0 aliphatic carbocycles. The highest BCUT2D eigenvalue weighted by atomic mass is 16.5. The Balaban J connectivity index is 1.63. The topological polar surface area (TPSA) is 55.6 Å². The largest absolute Gasteiger partial charge is 0.494 e. The molecule has 1 fully saturated rings. The lowest BCUT2D eigenvalue weighted by molar-refractivity contribution is -0.134. The molecular formula is C18H28N2O2. The second-order valence-corrected chi connectivity index (χ2v) is 6.34. The van der Waals surface area contributed by atoms with E-state index in [0.29, 0.717) is 13.0 Å². The summed E-state index contributed by atoms with van der Waals surface area (Å²) in [6.07, 6.45) is 4.23. The zero-order chi connectivity index (χ0) is 15.9. The van der Waals surface area contributed by atoms with Crippen LogP contribution in [0.3, 0.4) is 0 Å². The molecule has 0 saturated carbocycles. The number of carbonyl (C=O) groups excluding carboxylic acids is 1. The van der Waals surface area contributed by atoms with Gasteiger partial charge in [0.1, 0.15) is 5.75 Å². The van der Waals surface area contributed by atoms with Crippen molar-refractivity contribution >= 4 is 5.91 Å². The van der Waals surface area contributed by atoms with Crippen molar-refractivity contribution < 1.29 is 9.53 Å². The molecule has 1 aromatic carbocycles. The summed E-state index contributed by atoms with van der Waals surface area (Å²) in [7, 11) is 0. The predicted octanol–water partition coefficient (Wildman–Crippen LogP) is 2.88. The molecular weight excluding hydrogens is 276 g/mol. The maximum Gasteiger partial charge on any atom is 0.222 e. The smallest absolute Gasteiger partial charge is 0.222 e. The first kappa shape index (κ1) is 16.8. The van der Waals surface area contributed by atoms with Gasteiger partial charge in [0.25, 0.3) is 0 Å². The number of rotatable bonds is 6. The van der Waals surface area contributed by atoms with Gasteiger partial charge in [0, 0.05) is 25.0 Å². The van der Waals surface area contributed by atoms with E-state index in [-0.39, 0.29) is 18.0 Å². The quantitative estimate of drug-likeness (QED) is 0.822. The number of nitrogens with two attached hydrogens (primary N) is 1. The van der Waals surface area contributed by atoms with E-state index >= 15 is 0 Å². The van der Waals surface area contributed by atoms with Crippen molar-refractivity contribution in [3.05, 3.63) is 29.8 Å². The van der Waals surface area contributed by atoms with Crippen LogP contribution in [0.25, 0.3) is 0 Å². The Morgan fingerprint density at radius 3 is 2.95 bits per heavy atom. The zero-order valence-electron chi connectivity index (χ0n) is 13.8. The van der Waals surface area contributed by atoms with E-state index in [1.165, 1.54) is 5.56 Å².